The molecule has 0 aliphatic carbocycles. The van der Waals surface area contributed by atoms with Crippen molar-refractivity contribution < 1.29 is 55.1 Å². The fourth-order valence-corrected chi connectivity index (χ4v) is 4.95. The Morgan fingerprint density at radius 2 is 1.05 bits per heavy atom. The molecule has 13 nitrogen and oxygen atoms in total. The summed E-state index contributed by atoms with van der Waals surface area (Å²) in [5.74, 6) is 1.68. The van der Waals surface area contributed by atoms with Crippen LogP contribution in [0.1, 0.15) is 47.5 Å². The highest BCUT2D eigenvalue weighted by molar-refractivity contribution is 4.90. The van der Waals surface area contributed by atoms with Gasteiger partial charge in [-0.15, -0.1) is 0 Å². The Balaban J connectivity index is 0.000000285. The van der Waals surface area contributed by atoms with E-state index in [9.17, 15) is 20.4 Å². The van der Waals surface area contributed by atoms with E-state index < -0.39 is 49.8 Å². The van der Waals surface area contributed by atoms with Gasteiger partial charge >= 0.3 is 0 Å². The number of aliphatic hydroxyl groups is 8. The van der Waals surface area contributed by atoms with E-state index in [1.807, 2.05) is 6.92 Å². The summed E-state index contributed by atoms with van der Waals surface area (Å²) in [4.78, 5) is 0. The summed E-state index contributed by atoms with van der Waals surface area (Å²) >= 11 is 0. The van der Waals surface area contributed by atoms with Gasteiger partial charge in [-0.1, -0.05) is 34.6 Å². The summed E-state index contributed by atoms with van der Waals surface area (Å²) in [7, 11) is 0. The molecule has 228 valence electrons. The maximum absolute atomic E-state index is 9.45. The Bertz CT molecular complexity index is 606. The van der Waals surface area contributed by atoms with Gasteiger partial charge in [-0.2, -0.15) is 0 Å². The molecule has 3 aliphatic heterocycles. The standard InChI is InChI=1S/C10H20O3.C9H19NO3.C6H13NO5/c1-6(2)8-4-7(3)10(12)13-9(8)5-11;1-5(2)6-3-7(10)9(12)13-8(6)4-11;7-3-5(10)4(9)2(1-8)12-6(3)11/h6-12H,4-5H2,1-3H3;5-9,11-12H,3-4,10H2,1-2H3;2-6,8-11H,1,7H2/t7-,8?,9?,10?;6?,7-,8?,9?;/m00./s1. The third kappa shape index (κ3) is 9.84. The molecular weight excluding hydrogens is 504 g/mol. The highest BCUT2D eigenvalue weighted by Gasteiger charge is 2.41. The van der Waals surface area contributed by atoms with Crippen molar-refractivity contribution in [2.24, 2.45) is 41.1 Å². The van der Waals surface area contributed by atoms with E-state index >= 15 is 0 Å². The first-order valence-corrected chi connectivity index (χ1v) is 13.4. The first-order valence-electron chi connectivity index (χ1n) is 13.4. The van der Waals surface area contributed by atoms with Crippen LogP contribution in [0, 0.1) is 29.6 Å². The van der Waals surface area contributed by atoms with Gasteiger partial charge in [-0.3, -0.25) is 0 Å². The van der Waals surface area contributed by atoms with Crippen LogP contribution in [0.2, 0.25) is 0 Å². The van der Waals surface area contributed by atoms with Crippen molar-refractivity contribution in [1.29, 1.82) is 0 Å². The quantitative estimate of drug-likeness (QED) is 0.168. The van der Waals surface area contributed by atoms with Gasteiger partial charge in [0.1, 0.15) is 18.3 Å². The van der Waals surface area contributed by atoms with Crippen LogP contribution in [0.3, 0.4) is 0 Å². The van der Waals surface area contributed by atoms with E-state index in [0.29, 0.717) is 24.2 Å². The number of hydrogen-bond acceptors (Lipinski definition) is 13. The van der Waals surface area contributed by atoms with Crippen molar-refractivity contribution >= 4 is 0 Å². The number of ether oxygens (including phenoxy) is 3. The summed E-state index contributed by atoms with van der Waals surface area (Å²) < 4.78 is 15.2. The van der Waals surface area contributed by atoms with Crippen LogP contribution >= 0.6 is 0 Å². The maximum Gasteiger partial charge on any atom is 0.173 e. The van der Waals surface area contributed by atoms with Gasteiger partial charge < -0.3 is 66.5 Å². The summed E-state index contributed by atoms with van der Waals surface area (Å²) in [6.07, 6.45) is -5.29. The summed E-state index contributed by atoms with van der Waals surface area (Å²) in [6.45, 7) is 9.86. The third-order valence-electron chi connectivity index (χ3n) is 7.65. The van der Waals surface area contributed by atoms with Gasteiger partial charge in [-0.05, 0) is 36.5 Å². The molecule has 0 spiro atoms. The molecule has 3 fully saturated rings. The monoisotopic (exact) mass is 556 g/mol. The Morgan fingerprint density at radius 1 is 0.632 bits per heavy atom. The smallest absolute Gasteiger partial charge is 0.173 e. The molecule has 0 radical (unpaired) electrons. The van der Waals surface area contributed by atoms with Crippen molar-refractivity contribution in [3.05, 3.63) is 0 Å². The number of aliphatic hydroxyl groups excluding tert-OH is 8. The molecule has 3 heterocycles. The minimum atomic E-state index is -1.35. The third-order valence-corrected chi connectivity index (χ3v) is 7.65. The molecule has 0 aromatic rings. The first-order chi connectivity index (χ1) is 17.7. The second-order valence-corrected chi connectivity index (χ2v) is 11.2. The molecule has 3 rings (SSSR count). The second-order valence-electron chi connectivity index (χ2n) is 11.2. The Kier molecular flexibility index (Phi) is 15.6. The minimum absolute atomic E-state index is 0.00657. The molecule has 13 atom stereocenters. The summed E-state index contributed by atoms with van der Waals surface area (Å²) in [6, 6.07) is -1.36. The van der Waals surface area contributed by atoms with Crippen LogP contribution in [0.15, 0.2) is 0 Å². The molecular formula is C25H52N2O11. The van der Waals surface area contributed by atoms with Crippen LogP contribution in [0.4, 0.5) is 0 Å². The van der Waals surface area contributed by atoms with Crippen LogP contribution < -0.4 is 11.5 Å². The van der Waals surface area contributed by atoms with Crippen molar-refractivity contribution in [2.45, 2.75) is 109 Å². The fraction of sp³-hybridized carbons (Fsp3) is 1.00. The van der Waals surface area contributed by atoms with Crippen molar-refractivity contribution in [3.8, 4) is 0 Å². The van der Waals surface area contributed by atoms with Gasteiger partial charge in [0.2, 0.25) is 0 Å². The molecule has 12 N–H and O–H groups in total. The lowest BCUT2D eigenvalue weighted by Gasteiger charge is -2.39. The molecule has 3 aliphatic rings. The van der Waals surface area contributed by atoms with E-state index in [1.54, 1.807) is 0 Å². The van der Waals surface area contributed by atoms with E-state index in [1.165, 1.54) is 0 Å². The van der Waals surface area contributed by atoms with E-state index in [2.05, 4.69) is 27.7 Å². The molecule has 0 aromatic carbocycles. The maximum atomic E-state index is 9.45. The van der Waals surface area contributed by atoms with Gasteiger partial charge in [-0.25, -0.2) is 0 Å². The average molecular weight is 557 g/mol. The molecule has 0 bridgehead atoms. The summed E-state index contributed by atoms with van der Waals surface area (Å²) in [5, 5.41) is 72.9. The number of rotatable bonds is 5. The van der Waals surface area contributed by atoms with Gasteiger partial charge in [0, 0.05) is 5.92 Å². The van der Waals surface area contributed by atoms with Gasteiger partial charge in [0.15, 0.2) is 18.9 Å². The fourth-order valence-electron chi connectivity index (χ4n) is 4.95. The number of hydrogen-bond donors (Lipinski definition) is 10. The van der Waals surface area contributed by atoms with Crippen LogP contribution in [0.25, 0.3) is 0 Å². The highest BCUT2D eigenvalue weighted by Crippen LogP contribution is 2.33. The zero-order valence-electron chi connectivity index (χ0n) is 23.2. The minimum Gasteiger partial charge on any atom is -0.394 e. The molecule has 0 amide bonds. The normalized spacial score (nSPS) is 43.7. The Labute approximate surface area is 225 Å². The molecule has 38 heavy (non-hydrogen) atoms. The van der Waals surface area contributed by atoms with Crippen LogP contribution in [0.5, 0.6) is 0 Å². The van der Waals surface area contributed by atoms with E-state index in [-0.39, 0.29) is 43.3 Å². The molecule has 0 aromatic heterocycles. The largest absolute Gasteiger partial charge is 0.394 e. The second kappa shape index (κ2) is 16.7. The Morgan fingerprint density at radius 3 is 1.50 bits per heavy atom. The van der Waals surface area contributed by atoms with E-state index in [4.69, 9.17) is 46.1 Å². The lowest BCUT2D eigenvalue weighted by atomic mass is 9.80. The van der Waals surface area contributed by atoms with Gasteiger partial charge in [0.05, 0.1) is 44.1 Å². The zero-order chi connectivity index (χ0) is 29.3. The predicted molar refractivity (Wildman–Crippen MR) is 137 cm³/mol. The van der Waals surface area contributed by atoms with Crippen molar-refractivity contribution in [3.63, 3.8) is 0 Å². The highest BCUT2D eigenvalue weighted by atomic mass is 16.6. The lowest BCUT2D eigenvalue weighted by Crippen LogP contribution is -2.61. The van der Waals surface area contributed by atoms with E-state index in [0.717, 1.165) is 6.42 Å². The zero-order valence-corrected chi connectivity index (χ0v) is 23.2. The molecule has 3 saturated heterocycles. The summed E-state index contributed by atoms with van der Waals surface area (Å²) in [5.41, 5.74) is 10.9. The van der Waals surface area contributed by atoms with Gasteiger partial charge in [0.25, 0.3) is 0 Å². The lowest BCUT2D eigenvalue weighted by molar-refractivity contribution is -0.248. The van der Waals surface area contributed by atoms with Crippen molar-refractivity contribution in [1.82, 2.24) is 0 Å². The average Bonchev–Trinajstić information content (AvgIpc) is 2.88. The van der Waals surface area contributed by atoms with Crippen LogP contribution in [-0.4, -0.2) is 122 Å². The molecule has 13 heteroatoms. The molecule has 0 saturated carbocycles. The topological polar surface area (TPSA) is 242 Å². The Hall–Kier alpha value is -0.520. The van der Waals surface area contributed by atoms with Crippen molar-refractivity contribution in [2.75, 3.05) is 19.8 Å². The van der Waals surface area contributed by atoms with Crippen LogP contribution in [-0.2, 0) is 14.2 Å². The SMILES string of the molecule is CC(C)C1C[C@H](C)C(O)OC1CO.CC(C)C1C[C@H](N)C(O)OC1CO.NC1C(O)OC(CO)C(O)C1O. The first kappa shape index (κ1) is 35.5. The number of nitrogens with two attached hydrogens (primary N) is 2. The molecule has 11 unspecified atom stereocenters. The predicted octanol–water partition coefficient (Wildman–Crippen LogP) is -2.58.